The van der Waals surface area contributed by atoms with Crippen LogP contribution >= 0.6 is 15.9 Å². The molecule has 0 aromatic heterocycles. The molecule has 14 heteroatoms. The number of amides is 1. The quantitative estimate of drug-likeness (QED) is 0.334. The Kier molecular flexibility index (Phi) is 8.93. The van der Waals surface area contributed by atoms with Gasteiger partial charge in [-0.25, -0.2) is 21.1 Å². The summed E-state index contributed by atoms with van der Waals surface area (Å²) in [4.78, 5) is 12.6. The minimum absolute atomic E-state index is 0.138. The summed E-state index contributed by atoms with van der Waals surface area (Å²) in [6.45, 7) is 0.402. The highest BCUT2D eigenvalue weighted by molar-refractivity contribution is 9.10. The Labute approximate surface area is 238 Å². The van der Waals surface area contributed by atoms with Gasteiger partial charge in [-0.1, -0.05) is 34.1 Å². The monoisotopic (exact) mass is 659 g/mol. The SMILES string of the molecule is O=C(Nc1ccc(S(=O)(=O)Nc2cccc(C(F)(F)F)c2)cc1)C1CCN(S(=O)(=O)Cc2cccc(Br)c2)CC1. The van der Waals surface area contributed by atoms with Crippen LogP contribution in [0.5, 0.6) is 0 Å². The van der Waals surface area contributed by atoms with Crippen molar-refractivity contribution < 1.29 is 34.8 Å². The predicted molar refractivity (Wildman–Crippen MR) is 148 cm³/mol. The van der Waals surface area contributed by atoms with E-state index in [0.717, 1.165) is 16.6 Å². The topological polar surface area (TPSA) is 113 Å². The molecule has 0 atom stereocenters. The number of rotatable bonds is 8. The molecule has 1 heterocycles. The smallest absolute Gasteiger partial charge is 0.326 e. The number of halogens is 4. The van der Waals surface area contributed by atoms with Crippen LogP contribution in [-0.2, 0) is 36.8 Å². The lowest BCUT2D eigenvalue weighted by atomic mass is 9.97. The number of carbonyl (C=O) groups is 1. The molecule has 1 fully saturated rings. The Hall–Kier alpha value is -2.94. The fraction of sp³-hybridized carbons (Fsp3) is 0.269. The van der Waals surface area contributed by atoms with Crippen LogP contribution in [0.3, 0.4) is 0 Å². The third kappa shape index (κ3) is 7.62. The van der Waals surface area contributed by atoms with Gasteiger partial charge in [-0.3, -0.25) is 9.52 Å². The molecule has 1 aliphatic rings. The van der Waals surface area contributed by atoms with E-state index in [1.54, 1.807) is 18.2 Å². The second-order valence-corrected chi connectivity index (χ2v) is 13.8. The van der Waals surface area contributed by atoms with Crippen molar-refractivity contribution in [3.63, 3.8) is 0 Å². The summed E-state index contributed by atoms with van der Waals surface area (Å²) in [6.07, 6.45) is -3.96. The summed E-state index contributed by atoms with van der Waals surface area (Å²) in [6, 6.07) is 16.1. The van der Waals surface area contributed by atoms with E-state index < -0.39 is 37.7 Å². The molecule has 3 aromatic rings. The molecule has 8 nitrogen and oxygen atoms in total. The van der Waals surface area contributed by atoms with Gasteiger partial charge in [-0.2, -0.15) is 13.2 Å². The fourth-order valence-electron chi connectivity index (χ4n) is 4.26. The largest absolute Gasteiger partial charge is 0.416 e. The van der Waals surface area contributed by atoms with E-state index in [2.05, 4.69) is 26.0 Å². The lowest BCUT2D eigenvalue weighted by molar-refractivity contribution is -0.137. The maximum absolute atomic E-state index is 12.9. The van der Waals surface area contributed by atoms with Gasteiger partial charge >= 0.3 is 6.18 Å². The van der Waals surface area contributed by atoms with Gasteiger partial charge in [0.25, 0.3) is 10.0 Å². The number of piperidine rings is 1. The summed E-state index contributed by atoms with van der Waals surface area (Å²) in [5, 5.41) is 2.71. The summed E-state index contributed by atoms with van der Waals surface area (Å²) in [5.74, 6) is -0.883. The van der Waals surface area contributed by atoms with Gasteiger partial charge in [0.05, 0.1) is 16.2 Å². The van der Waals surface area contributed by atoms with Gasteiger partial charge in [-0.05, 0) is 73.0 Å². The minimum atomic E-state index is -4.62. The Morgan fingerprint density at radius 3 is 2.17 bits per heavy atom. The second-order valence-electron chi connectivity index (χ2n) is 9.26. The number of hydrogen-bond acceptors (Lipinski definition) is 5. The summed E-state index contributed by atoms with van der Waals surface area (Å²) in [7, 11) is -7.73. The Morgan fingerprint density at radius 1 is 0.900 bits per heavy atom. The number of hydrogen-bond donors (Lipinski definition) is 2. The molecule has 4 rings (SSSR count). The maximum atomic E-state index is 12.9. The van der Waals surface area contributed by atoms with Gasteiger partial charge in [-0.15, -0.1) is 0 Å². The van der Waals surface area contributed by atoms with Crippen LogP contribution in [0.15, 0.2) is 82.2 Å². The molecule has 0 aliphatic carbocycles. The summed E-state index contributed by atoms with van der Waals surface area (Å²) >= 11 is 3.33. The first-order chi connectivity index (χ1) is 18.7. The van der Waals surface area contributed by atoms with E-state index in [0.29, 0.717) is 30.2 Å². The van der Waals surface area contributed by atoms with Crippen molar-refractivity contribution in [2.45, 2.75) is 29.7 Å². The Morgan fingerprint density at radius 2 is 1.55 bits per heavy atom. The van der Waals surface area contributed by atoms with E-state index in [1.807, 2.05) is 6.07 Å². The van der Waals surface area contributed by atoms with Crippen molar-refractivity contribution in [2.24, 2.45) is 5.92 Å². The van der Waals surface area contributed by atoms with Gasteiger partial charge in [0, 0.05) is 34.9 Å². The van der Waals surface area contributed by atoms with Gasteiger partial charge in [0.2, 0.25) is 15.9 Å². The molecule has 3 aromatic carbocycles. The molecule has 0 saturated carbocycles. The number of benzene rings is 3. The van der Waals surface area contributed by atoms with Gasteiger partial charge in [0.15, 0.2) is 0 Å². The van der Waals surface area contributed by atoms with Crippen LogP contribution < -0.4 is 10.0 Å². The minimum Gasteiger partial charge on any atom is -0.326 e. The first-order valence-electron chi connectivity index (χ1n) is 12.1. The standard InChI is InChI=1S/C26H25BrF3N3O5S2/c27-21-5-1-3-18(15-21)17-39(35,36)33-13-11-19(12-14-33)25(34)31-22-7-9-24(10-8-22)40(37,38)32-23-6-2-4-20(16-23)26(28,29)30/h1-10,15-16,19,32H,11-14,17H2,(H,31,34). The third-order valence-electron chi connectivity index (χ3n) is 6.33. The number of nitrogens with zero attached hydrogens (tertiary/aromatic N) is 1. The summed E-state index contributed by atoms with van der Waals surface area (Å²) < 4.78 is 94.0. The Bertz CT molecular complexity index is 1590. The highest BCUT2D eigenvalue weighted by Crippen LogP contribution is 2.31. The molecule has 1 amide bonds. The average molecular weight is 661 g/mol. The molecule has 40 heavy (non-hydrogen) atoms. The van der Waals surface area contributed by atoms with Crippen LogP contribution in [0.1, 0.15) is 24.0 Å². The lowest BCUT2D eigenvalue weighted by Gasteiger charge is -2.30. The number of anilines is 2. The van der Waals surface area contributed by atoms with E-state index >= 15 is 0 Å². The van der Waals surface area contributed by atoms with Crippen molar-refractivity contribution in [3.8, 4) is 0 Å². The van der Waals surface area contributed by atoms with Crippen LogP contribution in [-0.4, -0.2) is 40.1 Å². The zero-order valence-electron chi connectivity index (χ0n) is 20.9. The van der Waals surface area contributed by atoms with Gasteiger partial charge < -0.3 is 5.32 Å². The Balaban J connectivity index is 1.32. The lowest BCUT2D eigenvalue weighted by Crippen LogP contribution is -2.41. The van der Waals surface area contributed by atoms with E-state index in [4.69, 9.17) is 0 Å². The summed E-state index contributed by atoms with van der Waals surface area (Å²) in [5.41, 5.74) is -0.242. The normalized spacial score (nSPS) is 15.5. The van der Waals surface area contributed by atoms with Crippen LogP contribution in [0.25, 0.3) is 0 Å². The third-order valence-corrected chi connectivity index (χ3v) is 10.1. The van der Waals surface area contributed by atoms with Crippen molar-refractivity contribution in [2.75, 3.05) is 23.1 Å². The fourth-order valence-corrected chi connectivity index (χ4v) is 7.31. The van der Waals surface area contributed by atoms with Crippen molar-refractivity contribution >= 4 is 53.3 Å². The number of nitrogens with one attached hydrogen (secondary N) is 2. The molecule has 0 bridgehead atoms. The molecular formula is C26H25BrF3N3O5S2. The van der Waals surface area contributed by atoms with Crippen molar-refractivity contribution in [1.29, 1.82) is 0 Å². The van der Waals surface area contributed by atoms with Crippen LogP contribution in [0, 0.1) is 5.92 Å². The van der Waals surface area contributed by atoms with Gasteiger partial charge in [0.1, 0.15) is 0 Å². The molecule has 1 saturated heterocycles. The highest BCUT2D eigenvalue weighted by Gasteiger charge is 2.32. The predicted octanol–water partition coefficient (Wildman–Crippen LogP) is 5.45. The molecular weight excluding hydrogens is 635 g/mol. The molecule has 1 aliphatic heterocycles. The number of carbonyl (C=O) groups excluding carboxylic acids is 1. The highest BCUT2D eigenvalue weighted by atomic mass is 79.9. The molecule has 0 unspecified atom stereocenters. The number of alkyl halides is 3. The molecule has 0 radical (unpaired) electrons. The first kappa shape index (κ1) is 30.0. The molecule has 0 spiro atoms. The second kappa shape index (κ2) is 11.9. The molecule has 2 N–H and O–H groups in total. The van der Waals surface area contributed by atoms with Crippen molar-refractivity contribution in [1.82, 2.24) is 4.31 Å². The number of sulfonamides is 2. The van der Waals surface area contributed by atoms with Crippen LogP contribution in [0.4, 0.5) is 24.5 Å². The molecule has 214 valence electrons. The zero-order valence-corrected chi connectivity index (χ0v) is 24.1. The van der Waals surface area contributed by atoms with E-state index in [1.165, 1.54) is 34.6 Å². The van der Waals surface area contributed by atoms with E-state index in [-0.39, 0.29) is 35.3 Å². The van der Waals surface area contributed by atoms with E-state index in [9.17, 15) is 34.8 Å². The van der Waals surface area contributed by atoms with Crippen LogP contribution in [0.2, 0.25) is 0 Å². The first-order valence-corrected chi connectivity index (χ1v) is 15.9. The van der Waals surface area contributed by atoms with Crippen molar-refractivity contribution in [3.05, 3.63) is 88.4 Å². The average Bonchev–Trinajstić information content (AvgIpc) is 2.88. The zero-order chi connectivity index (χ0) is 29.1. The maximum Gasteiger partial charge on any atom is 0.416 e.